The summed E-state index contributed by atoms with van der Waals surface area (Å²) < 4.78 is 0. The van der Waals surface area contributed by atoms with Crippen molar-refractivity contribution in [2.75, 3.05) is 39.3 Å². The summed E-state index contributed by atoms with van der Waals surface area (Å²) >= 11 is 0. The summed E-state index contributed by atoms with van der Waals surface area (Å²) in [4.78, 5) is 5.52. The molecule has 2 heterocycles. The summed E-state index contributed by atoms with van der Waals surface area (Å²) in [5, 5.41) is 0. The van der Waals surface area contributed by atoms with Crippen LogP contribution in [0.2, 0.25) is 5.82 Å². The molecule has 0 amide bonds. The Balaban J connectivity index is 1.33. The van der Waals surface area contributed by atoms with E-state index in [9.17, 15) is 0 Å². The van der Waals surface area contributed by atoms with Gasteiger partial charge in [0.2, 0.25) is 0 Å². The van der Waals surface area contributed by atoms with Crippen LogP contribution in [0.5, 0.6) is 0 Å². The van der Waals surface area contributed by atoms with Gasteiger partial charge in [-0.2, -0.15) is 0 Å². The maximum atomic E-state index is 2.78. The number of piperidine rings is 1. The lowest BCUT2D eigenvalue weighted by molar-refractivity contribution is 0.0371. The van der Waals surface area contributed by atoms with E-state index in [0.29, 0.717) is 0 Å². The van der Waals surface area contributed by atoms with Crippen LogP contribution in [0.15, 0.2) is 0 Å². The molecule has 0 spiro atoms. The summed E-state index contributed by atoms with van der Waals surface area (Å²) in [6.07, 6.45) is 10.1. The van der Waals surface area contributed by atoms with Gasteiger partial charge in [0.25, 0.3) is 0 Å². The minimum atomic E-state index is 0.957. The van der Waals surface area contributed by atoms with Crippen molar-refractivity contribution in [3.05, 3.63) is 0 Å². The third-order valence-corrected chi connectivity index (χ3v) is 7.39. The lowest BCUT2D eigenvalue weighted by Gasteiger charge is -2.46. The molecule has 0 aromatic heterocycles. The zero-order valence-corrected chi connectivity index (χ0v) is 16.0. The first kappa shape index (κ1) is 17.8. The lowest BCUT2D eigenvalue weighted by Crippen LogP contribution is -2.44. The van der Waals surface area contributed by atoms with E-state index in [1.54, 1.807) is 0 Å². The normalized spacial score (nSPS) is 38.2. The molecule has 4 unspecified atom stereocenters. The Labute approximate surface area is 145 Å². The number of likely N-dealkylation sites (tertiary alicyclic amines) is 2. The van der Waals surface area contributed by atoms with Crippen LogP contribution in [0.4, 0.5) is 0 Å². The highest BCUT2D eigenvalue weighted by molar-refractivity contribution is 6.11. The zero-order valence-electron chi connectivity index (χ0n) is 16.0. The van der Waals surface area contributed by atoms with Crippen LogP contribution < -0.4 is 0 Å². The highest BCUT2D eigenvalue weighted by atomic mass is 15.1. The predicted molar refractivity (Wildman–Crippen MR) is 103 cm³/mol. The average Bonchev–Trinajstić information content (AvgIpc) is 2.76. The summed E-state index contributed by atoms with van der Waals surface area (Å²) in [7, 11) is 2.42. The minimum absolute atomic E-state index is 0.957. The molecule has 1 aliphatic carbocycles. The molecule has 0 aromatic rings. The molecule has 0 bridgehead atoms. The fraction of sp³-hybridized carbons (Fsp3) is 1.00. The fourth-order valence-corrected chi connectivity index (χ4v) is 5.10. The van der Waals surface area contributed by atoms with Gasteiger partial charge in [-0.3, -0.25) is 0 Å². The van der Waals surface area contributed by atoms with Gasteiger partial charge in [-0.1, -0.05) is 19.7 Å². The van der Waals surface area contributed by atoms with E-state index in [1.165, 1.54) is 84.2 Å². The van der Waals surface area contributed by atoms with Gasteiger partial charge in [0.05, 0.1) is 0 Å². The first-order valence-corrected chi connectivity index (χ1v) is 10.6. The molecule has 2 aliphatic heterocycles. The van der Waals surface area contributed by atoms with E-state index in [4.69, 9.17) is 0 Å². The van der Waals surface area contributed by atoms with Gasteiger partial charge in [-0.15, -0.1) is 0 Å². The molecule has 2 nitrogen and oxygen atoms in total. The summed E-state index contributed by atoms with van der Waals surface area (Å²) in [6.45, 7) is 13.2. The van der Waals surface area contributed by atoms with E-state index < -0.39 is 0 Å². The molecule has 1 saturated carbocycles. The highest BCUT2D eigenvalue weighted by Gasteiger charge is 2.38. The molecule has 0 radical (unpaired) electrons. The van der Waals surface area contributed by atoms with Gasteiger partial charge in [-0.25, -0.2) is 0 Å². The van der Waals surface area contributed by atoms with E-state index in [1.807, 2.05) is 0 Å². The monoisotopic (exact) mass is 318 g/mol. The van der Waals surface area contributed by atoms with Crippen molar-refractivity contribution in [2.24, 2.45) is 23.7 Å². The second kappa shape index (κ2) is 8.38. The van der Waals surface area contributed by atoms with Crippen LogP contribution in [-0.4, -0.2) is 56.9 Å². The van der Waals surface area contributed by atoms with E-state index in [0.717, 1.165) is 29.5 Å². The average molecular weight is 318 g/mol. The lowest BCUT2D eigenvalue weighted by atomic mass is 9.64. The molecular formula is C20H39BN2. The van der Waals surface area contributed by atoms with Gasteiger partial charge in [-0.05, 0) is 101 Å². The summed E-state index contributed by atoms with van der Waals surface area (Å²) in [5.74, 6) is 4.91. The Morgan fingerprint density at radius 1 is 0.870 bits per heavy atom. The molecule has 3 rings (SSSR count). The van der Waals surface area contributed by atoms with E-state index >= 15 is 0 Å². The van der Waals surface area contributed by atoms with Crippen molar-refractivity contribution in [3.63, 3.8) is 0 Å². The Hall–Kier alpha value is -0.0151. The first-order valence-electron chi connectivity index (χ1n) is 10.6. The van der Waals surface area contributed by atoms with Crippen molar-refractivity contribution in [3.8, 4) is 0 Å². The van der Waals surface area contributed by atoms with Crippen molar-refractivity contribution in [1.29, 1.82) is 0 Å². The third-order valence-electron chi connectivity index (χ3n) is 7.39. The van der Waals surface area contributed by atoms with Crippen LogP contribution >= 0.6 is 0 Å². The first-order chi connectivity index (χ1) is 11.1. The van der Waals surface area contributed by atoms with Crippen LogP contribution in [-0.2, 0) is 0 Å². The second-order valence-electron chi connectivity index (χ2n) is 9.26. The number of hydrogen-bond acceptors (Lipinski definition) is 2. The number of hydrogen-bond donors (Lipinski definition) is 0. The predicted octanol–water partition coefficient (Wildman–Crippen LogP) is 3.29. The molecule has 3 aliphatic rings. The van der Waals surface area contributed by atoms with Crippen LogP contribution in [0.3, 0.4) is 0 Å². The smallest absolute Gasteiger partial charge is 0.105 e. The molecule has 4 atom stereocenters. The molecular weight excluding hydrogens is 279 g/mol. The Bertz CT molecular complexity index is 354. The van der Waals surface area contributed by atoms with Gasteiger partial charge in [0, 0.05) is 6.54 Å². The third kappa shape index (κ3) is 4.98. The molecule has 3 fully saturated rings. The molecule has 0 aromatic carbocycles. The highest BCUT2D eigenvalue weighted by Crippen LogP contribution is 2.43. The largest absolute Gasteiger partial charge is 0.303 e. The molecule has 3 heteroatoms. The van der Waals surface area contributed by atoms with Crippen molar-refractivity contribution in [2.45, 2.75) is 64.6 Å². The zero-order chi connectivity index (χ0) is 16.2. The summed E-state index contributed by atoms with van der Waals surface area (Å²) in [5.41, 5.74) is 0. The van der Waals surface area contributed by atoms with E-state index in [-0.39, 0.29) is 0 Å². The number of nitrogens with zero attached hydrogens (tertiary/aromatic N) is 2. The standard InChI is InChI=1S/C20H39BN2/c1-16-4-3-9-23(10-5-16)15-19-14-18(17(19)2)6-11-22-12-7-20(21)8-13-22/h16-20H,3-15,21H2,1-2H3. The topological polar surface area (TPSA) is 6.48 Å². The van der Waals surface area contributed by atoms with Crippen molar-refractivity contribution >= 4 is 7.85 Å². The Kier molecular flexibility index (Phi) is 6.49. The quantitative estimate of drug-likeness (QED) is 0.718. The van der Waals surface area contributed by atoms with Gasteiger partial charge in [0.15, 0.2) is 0 Å². The maximum Gasteiger partial charge on any atom is 0.105 e. The fourth-order valence-electron chi connectivity index (χ4n) is 5.10. The SMILES string of the molecule is BC1CCN(CCC2CC(CN3CCCC(C)CC3)C2C)CC1. The maximum absolute atomic E-state index is 2.78. The second-order valence-corrected chi connectivity index (χ2v) is 9.26. The van der Waals surface area contributed by atoms with Crippen molar-refractivity contribution in [1.82, 2.24) is 9.80 Å². The Morgan fingerprint density at radius 3 is 2.35 bits per heavy atom. The number of rotatable bonds is 5. The molecule has 2 saturated heterocycles. The van der Waals surface area contributed by atoms with Crippen LogP contribution in [0.1, 0.15) is 58.8 Å². The van der Waals surface area contributed by atoms with Gasteiger partial charge >= 0.3 is 0 Å². The summed E-state index contributed by atoms with van der Waals surface area (Å²) in [6, 6.07) is 0. The Morgan fingerprint density at radius 2 is 1.61 bits per heavy atom. The van der Waals surface area contributed by atoms with Crippen LogP contribution in [0, 0.1) is 23.7 Å². The minimum Gasteiger partial charge on any atom is -0.303 e. The molecule has 0 N–H and O–H groups in total. The molecule has 23 heavy (non-hydrogen) atoms. The van der Waals surface area contributed by atoms with E-state index in [2.05, 4.69) is 31.5 Å². The van der Waals surface area contributed by atoms with Gasteiger partial charge in [0.1, 0.15) is 7.85 Å². The molecule has 132 valence electrons. The van der Waals surface area contributed by atoms with Crippen LogP contribution in [0.25, 0.3) is 0 Å². The van der Waals surface area contributed by atoms with Crippen molar-refractivity contribution < 1.29 is 0 Å². The van der Waals surface area contributed by atoms with Gasteiger partial charge < -0.3 is 9.80 Å².